The van der Waals surface area contributed by atoms with Crippen LogP contribution in [0.4, 0.5) is 22.2 Å². The average molecular weight is 679 g/mol. The Kier molecular flexibility index (Phi) is 12.2. The molecule has 14 nitrogen and oxygen atoms in total. The van der Waals surface area contributed by atoms with Crippen LogP contribution in [0.25, 0.3) is 11.0 Å². The fourth-order valence-corrected chi connectivity index (χ4v) is 6.36. The second kappa shape index (κ2) is 16.5. The van der Waals surface area contributed by atoms with Crippen LogP contribution in [-0.2, 0) is 14.2 Å². The zero-order chi connectivity index (χ0) is 35.0. The number of ketones is 1. The maximum Gasteiger partial charge on any atom is 0.407 e. The molecule has 0 radical (unpaired) electrons. The maximum atomic E-state index is 13.5. The monoisotopic (exact) mass is 678 g/mol. The first-order valence-electron chi connectivity index (χ1n) is 17.3. The highest BCUT2D eigenvalue weighted by Gasteiger charge is 2.26. The molecule has 0 spiro atoms. The molecule has 0 unspecified atom stereocenters. The predicted molar refractivity (Wildman–Crippen MR) is 188 cm³/mol. The molecule has 3 aromatic heterocycles. The number of aryl methyl sites for hydroxylation is 1. The molecule has 49 heavy (non-hydrogen) atoms. The lowest BCUT2D eigenvalue weighted by molar-refractivity contribution is 0.0341. The Labute approximate surface area is 287 Å². The summed E-state index contributed by atoms with van der Waals surface area (Å²) in [6.07, 6.45) is 6.98. The van der Waals surface area contributed by atoms with E-state index in [0.717, 1.165) is 64.1 Å². The molecular weight excluding hydrogens is 628 g/mol. The van der Waals surface area contributed by atoms with Gasteiger partial charge in [-0.25, -0.2) is 14.8 Å². The van der Waals surface area contributed by atoms with E-state index in [2.05, 4.69) is 30.4 Å². The summed E-state index contributed by atoms with van der Waals surface area (Å²) in [6, 6.07) is 3.97. The minimum Gasteiger partial charge on any atom is -0.444 e. The molecule has 1 amide bonds. The van der Waals surface area contributed by atoms with Gasteiger partial charge >= 0.3 is 6.09 Å². The number of anilines is 3. The molecule has 5 rings (SSSR count). The largest absolute Gasteiger partial charge is 0.444 e. The fraction of sp³-hybridized carbons (Fsp3) is 0.600. The van der Waals surface area contributed by atoms with Crippen LogP contribution in [0.1, 0.15) is 75.3 Å². The van der Waals surface area contributed by atoms with E-state index in [1.807, 2.05) is 39.1 Å². The average Bonchev–Trinajstić information content (AvgIpc) is 3.58. The summed E-state index contributed by atoms with van der Waals surface area (Å²) in [5, 5.41) is 6.58. The summed E-state index contributed by atoms with van der Waals surface area (Å²) in [4.78, 5) is 56.1. The quantitative estimate of drug-likeness (QED) is 0.185. The number of carbonyl (C=O) groups excluding carboxylic acids is 2. The molecule has 0 aromatic carbocycles. The number of amides is 1. The zero-order valence-corrected chi connectivity index (χ0v) is 29.4. The molecule has 266 valence electrons. The van der Waals surface area contributed by atoms with Crippen molar-refractivity contribution < 1.29 is 23.8 Å². The van der Waals surface area contributed by atoms with Crippen molar-refractivity contribution in [3.63, 3.8) is 0 Å². The lowest BCUT2D eigenvalue weighted by Gasteiger charge is -2.35. The first-order valence-corrected chi connectivity index (χ1v) is 17.3. The molecule has 0 bridgehead atoms. The van der Waals surface area contributed by atoms with Gasteiger partial charge in [0.25, 0.3) is 5.56 Å². The number of hydrogen-bond acceptors (Lipinski definition) is 12. The van der Waals surface area contributed by atoms with Gasteiger partial charge in [-0.15, -0.1) is 0 Å². The topological polar surface area (TPSA) is 153 Å². The van der Waals surface area contributed by atoms with Gasteiger partial charge in [0.15, 0.2) is 5.78 Å². The first kappa shape index (κ1) is 36.1. The second-order valence-corrected chi connectivity index (χ2v) is 13.6. The van der Waals surface area contributed by atoms with Gasteiger partial charge in [-0.2, -0.15) is 4.98 Å². The Balaban J connectivity index is 1.06. The van der Waals surface area contributed by atoms with Crippen molar-refractivity contribution in [1.29, 1.82) is 0 Å². The molecule has 3 aromatic rings. The van der Waals surface area contributed by atoms with Gasteiger partial charge in [0.05, 0.1) is 43.9 Å². The number of nitrogens with one attached hydrogen (secondary N) is 2. The van der Waals surface area contributed by atoms with Gasteiger partial charge in [0.2, 0.25) is 5.95 Å². The Morgan fingerprint density at radius 3 is 2.33 bits per heavy atom. The molecule has 2 N–H and O–H groups in total. The van der Waals surface area contributed by atoms with Gasteiger partial charge in [-0.05, 0) is 65.2 Å². The van der Waals surface area contributed by atoms with E-state index in [1.54, 1.807) is 17.7 Å². The van der Waals surface area contributed by atoms with Crippen molar-refractivity contribution in [2.24, 2.45) is 0 Å². The van der Waals surface area contributed by atoms with Crippen molar-refractivity contribution in [2.45, 2.75) is 71.9 Å². The van der Waals surface area contributed by atoms with Crippen molar-refractivity contribution in [2.75, 3.05) is 75.9 Å². The molecule has 14 heteroatoms. The standard InChI is InChI=1S/C35H50N8O6/c1-24-28-23-38-33(40-31(28)43(26-8-6-7-9-26)32(45)30(24)25(2)44)39-29-11-10-27(22-37-29)42-15-13-41(14-16-42)17-19-48-21-20-47-18-12-36-34(46)49-35(3,4)5/h10-11,22-23,26H,6-9,12-21H2,1-5H3,(H,36,46)(H,37,38,39,40). The van der Waals surface area contributed by atoms with Crippen molar-refractivity contribution in [1.82, 2.24) is 29.7 Å². The number of aromatic nitrogens is 4. The maximum absolute atomic E-state index is 13.5. The summed E-state index contributed by atoms with van der Waals surface area (Å²) < 4.78 is 18.2. The highest BCUT2D eigenvalue weighted by atomic mass is 16.6. The van der Waals surface area contributed by atoms with Crippen LogP contribution in [0.5, 0.6) is 0 Å². The molecule has 1 saturated carbocycles. The summed E-state index contributed by atoms with van der Waals surface area (Å²) in [5.74, 6) is 0.722. The highest BCUT2D eigenvalue weighted by molar-refractivity contribution is 5.99. The van der Waals surface area contributed by atoms with Gasteiger partial charge < -0.3 is 29.7 Å². The third-order valence-corrected chi connectivity index (χ3v) is 8.81. The van der Waals surface area contributed by atoms with E-state index in [-0.39, 0.29) is 22.9 Å². The van der Waals surface area contributed by atoms with E-state index < -0.39 is 11.7 Å². The van der Waals surface area contributed by atoms with Crippen LogP contribution in [0, 0.1) is 6.92 Å². The van der Waals surface area contributed by atoms with Crippen molar-refractivity contribution >= 4 is 40.4 Å². The molecule has 4 heterocycles. The summed E-state index contributed by atoms with van der Waals surface area (Å²) in [7, 11) is 0. The van der Waals surface area contributed by atoms with E-state index in [9.17, 15) is 14.4 Å². The highest BCUT2D eigenvalue weighted by Crippen LogP contribution is 2.32. The molecule has 1 aliphatic carbocycles. The third-order valence-electron chi connectivity index (χ3n) is 8.81. The van der Waals surface area contributed by atoms with Gasteiger partial charge in [-0.3, -0.25) is 19.1 Å². The Morgan fingerprint density at radius 1 is 0.959 bits per heavy atom. The number of pyridine rings is 2. The lowest BCUT2D eigenvalue weighted by atomic mass is 10.0. The smallest absolute Gasteiger partial charge is 0.407 e. The summed E-state index contributed by atoms with van der Waals surface area (Å²) in [6.45, 7) is 15.6. The Bertz CT molecular complexity index is 1640. The lowest BCUT2D eigenvalue weighted by Crippen LogP contribution is -2.47. The van der Waals surface area contributed by atoms with Crippen LogP contribution < -0.4 is 21.1 Å². The van der Waals surface area contributed by atoms with E-state index in [0.29, 0.717) is 61.3 Å². The van der Waals surface area contributed by atoms with Gasteiger partial charge in [0.1, 0.15) is 17.1 Å². The minimum absolute atomic E-state index is 0.0222. The zero-order valence-electron chi connectivity index (χ0n) is 29.4. The number of Topliss-reactive ketones (excluding diaryl/α,β-unsaturated/α-hetero) is 1. The number of fused-ring (bicyclic) bond motifs is 1. The Morgan fingerprint density at radius 2 is 1.67 bits per heavy atom. The second-order valence-electron chi connectivity index (χ2n) is 13.6. The molecule has 0 atom stereocenters. The molecule has 1 saturated heterocycles. The van der Waals surface area contributed by atoms with Crippen LogP contribution in [0.2, 0.25) is 0 Å². The SMILES string of the molecule is CC(=O)c1c(C)c2cnc(Nc3ccc(N4CCN(CCOCCOCCNC(=O)OC(C)(C)C)CC4)cn3)nc2n(C2CCCC2)c1=O. The summed E-state index contributed by atoms with van der Waals surface area (Å²) in [5.41, 5.74) is 1.66. The van der Waals surface area contributed by atoms with Crippen molar-refractivity contribution in [3.05, 3.63) is 46.0 Å². The van der Waals surface area contributed by atoms with Crippen LogP contribution in [0.3, 0.4) is 0 Å². The van der Waals surface area contributed by atoms with Crippen LogP contribution in [0.15, 0.2) is 29.3 Å². The number of hydrogen-bond donors (Lipinski definition) is 2. The fourth-order valence-electron chi connectivity index (χ4n) is 6.36. The first-order chi connectivity index (χ1) is 23.5. The number of piperazine rings is 1. The van der Waals surface area contributed by atoms with E-state index in [4.69, 9.17) is 19.2 Å². The van der Waals surface area contributed by atoms with Crippen LogP contribution >= 0.6 is 0 Å². The third kappa shape index (κ3) is 9.73. The predicted octanol–water partition coefficient (Wildman–Crippen LogP) is 4.24. The molecule has 2 fully saturated rings. The number of nitrogens with zero attached hydrogens (tertiary/aromatic N) is 6. The number of carbonyl (C=O) groups is 2. The van der Waals surface area contributed by atoms with Crippen molar-refractivity contribution in [3.8, 4) is 0 Å². The van der Waals surface area contributed by atoms with E-state index in [1.165, 1.54) is 6.92 Å². The Hall–Kier alpha value is -4.14. The number of rotatable bonds is 14. The van der Waals surface area contributed by atoms with Gasteiger partial charge in [0, 0.05) is 56.9 Å². The minimum atomic E-state index is -0.516. The van der Waals surface area contributed by atoms with Gasteiger partial charge in [-0.1, -0.05) is 12.8 Å². The molecular formula is C35H50N8O6. The van der Waals surface area contributed by atoms with E-state index >= 15 is 0 Å². The molecule has 2 aliphatic rings. The molecule has 1 aliphatic heterocycles. The normalized spacial score (nSPS) is 15.9. The number of ether oxygens (including phenoxy) is 3. The van der Waals surface area contributed by atoms with Crippen LogP contribution in [-0.4, -0.2) is 108 Å². The summed E-state index contributed by atoms with van der Waals surface area (Å²) >= 11 is 0. The number of alkyl carbamates (subject to hydrolysis) is 1.